The number of halogens is 1. The lowest BCUT2D eigenvalue weighted by Crippen LogP contribution is -2.13. The fourth-order valence-electron chi connectivity index (χ4n) is 1.76. The second kappa shape index (κ2) is 5.88. The van der Waals surface area contributed by atoms with Gasteiger partial charge in [0.2, 0.25) is 6.41 Å². The van der Waals surface area contributed by atoms with Gasteiger partial charge in [-0.3, -0.25) is 9.59 Å². The number of hydrogen-bond donors (Lipinski definition) is 1. The molecule has 0 unspecified atom stereocenters. The molecule has 0 spiro atoms. The monoisotopic (exact) mass is 332 g/mol. The summed E-state index contributed by atoms with van der Waals surface area (Å²) in [6, 6.07) is 11.9. The molecular weight excluding hydrogens is 320 g/mol. The predicted molar refractivity (Wildman–Crippen MR) is 82.9 cm³/mol. The van der Waals surface area contributed by atoms with Crippen molar-refractivity contribution in [3.63, 3.8) is 0 Å². The molecule has 2 aromatic rings. The Hall–Kier alpha value is -2.14. The number of nitrogens with zero attached hydrogens (tertiary/aromatic N) is 1. The first-order chi connectivity index (χ1) is 9.52. The number of carbonyl (C=O) groups excluding carboxylic acids is 2. The maximum atomic E-state index is 12.3. The van der Waals surface area contributed by atoms with Crippen LogP contribution in [0.4, 0.5) is 11.4 Å². The summed E-state index contributed by atoms with van der Waals surface area (Å²) in [4.78, 5) is 24.4. The Labute approximate surface area is 125 Å². The maximum Gasteiger partial charge on any atom is 0.213 e. The summed E-state index contributed by atoms with van der Waals surface area (Å²) < 4.78 is 0.761. The molecule has 0 heterocycles. The van der Waals surface area contributed by atoms with Crippen molar-refractivity contribution in [2.45, 2.75) is 0 Å². The Morgan fingerprint density at radius 3 is 2.30 bits per heavy atom. The minimum Gasteiger partial charge on any atom is -0.398 e. The summed E-state index contributed by atoms with van der Waals surface area (Å²) in [6.45, 7) is 0. The van der Waals surface area contributed by atoms with Crippen molar-refractivity contribution in [2.24, 2.45) is 0 Å². The smallest absolute Gasteiger partial charge is 0.213 e. The van der Waals surface area contributed by atoms with Crippen LogP contribution in [0.1, 0.15) is 15.9 Å². The normalized spacial score (nSPS) is 10.1. The second-order valence-electron chi connectivity index (χ2n) is 4.33. The van der Waals surface area contributed by atoms with Gasteiger partial charge in [-0.05, 0) is 58.4 Å². The van der Waals surface area contributed by atoms with E-state index in [4.69, 9.17) is 5.73 Å². The van der Waals surface area contributed by atoms with Gasteiger partial charge in [0.15, 0.2) is 5.78 Å². The summed E-state index contributed by atoms with van der Waals surface area (Å²) in [5.74, 6) is -0.107. The first kappa shape index (κ1) is 14.3. The average molecular weight is 333 g/mol. The highest BCUT2D eigenvalue weighted by Gasteiger charge is 2.10. The van der Waals surface area contributed by atoms with E-state index in [2.05, 4.69) is 15.9 Å². The molecule has 0 aliphatic heterocycles. The number of carbonyl (C=O) groups is 2. The van der Waals surface area contributed by atoms with Crippen LogP contribution < -0.4 is 10.6 Å². The third-order valence-electron chi connectivity index (χ3n) is 2.95. The standard InChI is InChI=1S/C15H13BrN2O2/c1-18(9-19)12-5-2-10(3-6-12)15(20)11-4-7-13(16)14(17)8-11/h2-9H,17H2,1H3. The summed E-state index contributed by atoms with van der Waals surface area (Å²) in [5, 5.41) is 0. The van der Waals surface area contributed by atoms with Gasteiger partial charge in [0, 0.05) is 34.0 Å². The molecular formula is C15H13BrN2O2. The third-order valence-corrected chi connectivity index (χ3v) is 3.68. The number of anilines is 2. The van der Waals surface area contributed by atoms with E-state index in [0.29, 0.717) is 23.2 Å². The van der Waals surface area contributed by atoms with E-state index in [-0.39, 0.29) is 5.78 Å². The van der Waals surface area contributed by atoms with Crippen LogP contribution in [0.15, 0.2) is 46.9 Å². The van der Waals surface area contributed by atoms with Crippen molar-refractivity contribution in [1.82, 2.24) is 0 Å². The molecule has 0 radical (unpaired) electrons. The SMILES string of the molecule is CN(C=O)c1ccc(C(=O)c2ccc(Br)c(N)c2)cc1. The third kappa shape index (κ3) is 2.88. The number of rotatable bonds is 4. The molecule has 1 amide bonds. The zero-order chi connectivity index (χ0) is 14.7. The molecule has 0 fully saturated rings. The zero-order valence-electron chi connectivity index (χ0n) is 10.8. The molecule has 0 saturated heterocycles. The number of nitrogen functional groups attached to an aromatic ring is 1. The lowest BCUT2D eigenvalue weighted by molar-refractivity contribution is -0.107. The number of ketones is 1. The first-order valence-corrected chi connectivity index (χ1v) is 6.70. The molecule has 0 bridgehead atoms. The van der Waals surface area contributed by atoms with Crippen molar-refractivity contribution in [1.29, 1.82) is 0 Å². The molecule has 4 nitrogen and oxygen atoms in total. The van der Waals surface area contributed by atoms with Crippen LogP contribution in [0.3, 0.4) is 0 Å². The van der Waals surface area contributed by atoms with Gasteiger partial charge in [0.05, 0.1) is 0 Å². The Bertz CT molecular complexity index is 653. The number of nitrogens with two attached hydrogens (primary N) is 1. The Morgan fingerprint density at radius 2 is 1.75 bits per heavy atom. The van der Waals surface area contributed by atoms with Gasteiger partial charge in [-0.2, -0.15) is 0 Å². The Morgan fingerprint density at radius 1 is 1.15 bits per heavy atom. The Balaban J connectivity index is 2.29. The van der Waals surface area contributed by atoms with Crippen molar-refractivity contribution in [2.75, 3.05) is 17.7 Å². The summed E-state index contributed by atoms with van der Waals surface area (Å²) in [6.07, 6.45) is 0.715. The minimum absolute atomic E-state index is 0.107. The van der Waals surface area contributed by atoms with Gasteiger partial charge in [0.1, 0.15) is 0 Å². The van der Waals surface area contributed by atoms with Gasteiger partial charge in [-0.1, -0.05) is 0 Å². The van der Waals surface area contributed by atoms with Crippen LogP contribution in [0.5, 0.6) is 0 Å². The van der Waals surface area contributed by atoms with Crippen molar-refractivity contribution < 1.29 is 9.59 Å². The molecule has 0 saturated carbocycles. The van der Waals surface area contributed by atoms with Gasteiger partial charge in [-0.25, -0.2) is 0 Å². The van der Waals surface area contributed by atoms with E-state index in [1.807, 2.05) is 0 Å². The van der Waals surface area contributed by atoms with Crippen LogP contribution in [0, 0.1) is 0 Å². The molecule has 20 heavy (non-hydrogen) atoms. The minimum atomic E-state index is -0.107. The van der Waals surface area contributed by atoms with Crippen molar-refractivity contribution in [3.05, 3.63) is 58.1 Å². The number of benzene rings is 2. The quantitative estimate of drug-likeness (QED) is 0.532. The van der Waals surface area contributed by atoms with Gasteiger partial charge in [0.25, 0.3) is 0 Å². The molecule has 0 aromatic heterocycles. The summed E-state index contributed by atoms with van der Waals surface area (Å²) in [5.41, 5.74) is 8.10. The highest BCUT2D eigenvalue weighted by Crippen LogP contribution is 2.22. The van der Waals surface area contributed by atoms with Crippen LogP contribution in [0.2, 0.25) is 0 Å². The van der Waals surface area contributed by atoms with Crippen LogP contribution in [0.25, 0.3) is 0 Å². The molecule has 5 heteroatoms. The predicted octanol–water partition coefficient (Wildman–Crippen LogP) is 2.85. The molecule has 102 valence electrons. The van der Waals surface area contributed by atoms with Crippen molar-refractivity contribution >= 4 is 39.5 Å². The topological polar surface area (TPSA) is 63.4 Å². The fourth-order valence-corrected chi connectivity index (χ4v) is 2.01. The fraction of sp³-hybridized carbons (Fsp3) is 0.0667. The van der Waals surface area contributed by atoms with E-state index in [1.165, 1.54) is 4.90 Å². The van der Waals surface area contributed by atoms with E-state index in [0.717, 1.165) is 10.2 Å². The number of amides is 1. The maximum absolute atomic E-state index is 12.3. The van der Waals surface area contributed by atoms with Crippen LogP contribution >= 0.6 is 15.9 Å². The highest BCUT2D eigenvalue weighted by atomic mass is 79.9. The molecule has 0 aliphatic carbocycles. The molecule has 2 aromatic carbocycles. The van der Waals surface area contributed by atoms with E-state index in [9.17, 15) is 9.59 Å². The summed E-state index contributed by atoms with van der Waals surface area (Å²) >= 11 is 3.29. The molecule has 0 aliphatic rings. The van der Waals surface area contributed by atoms with Gasteiger partial charge < -0.3 is 10.6 Å². The lowest BCUT2D eigenvalue weighted by Gasteiger charge is -2.11. The number of hydrogen-bond acceptors (Lipinski definition) is 3. The molecule has 0 atom stereocenters. The lowest BCUT2D eigenvalue weighted by atomic mass is 10.0. The van der Waals surface area contributed by atoms with Gasteiger partial charge >= 0.3 is 0 Å². The average Bonchev–Trinajstić information content (AvgIpc) is 2.48. The highest BCUT2D eigenvalue weighted by molar-refractivity contribution is 9.10. The van der Waals surface area contributed by atoms with Crippen LogP contribution in [-0.4, -0.2) is 19.2 Å². The van der Waals surface area contributed by atoms with E-state index >= 15 is 0 Å². The summed E-state index contributed by atoms with van der Waals surface area (Å²) in [7, 11) is 1.65. The van der Waals surface area contributed by atoms with Gasteiger partial charge in [-0.15, -0.1) is 0 Å². The molecule has 2 rings (SSSR count). The second-order valence-corrected chi connectivity index (χ2v) is 5.18. The Kier molecular flexibility index (Phi) is 4.20. The first-order valence-electron chi connectivity index (χ1n) is 5.91. The van der Waals surface area contributed by atoms with E-state index in [1.54, 1.807) is 49.5 Å². The largest absolute Gasteiger partial charge is 0.398 e. The van der Waals surface area contributed by atoms with Crippen molar-refractivity contribution in [3.8, 4) is 0 Å². The van der Waals surface area contributed by atoms with E-state index < -0.39 is 0 Å². The van der Waals surface area contributed by atoms with Crippen LogP contribution in [-0.2, 0) is 4.79 Å². The molecule has 2 N–H and O–H groups in total. The zero-order valence-corrected chi connectivity index (χ0v) is 12.4.